The van der Waals surface area contributed by atoms with Crippen molar-refractivity contribution in [2.75, 3.05) is 5.32 Å². The van der Waals surface area contributed by atoms with E-state index in [-0.39, 0.29) is 23.8 Å². The van der Waals surface area contributed by atoms with E-state index in [1.165, 1.54) is 6.07 Å². The Kier molecular flexibility index (Phi) is 5.99. The van der Waals surface area contributed by atoms with Gasteiger partial charge < -0.3 is 14.4 Å². The predicted octanol–water partition coefficient (Wildman–Crippen LogP) is 4.50. The summed E-state index contributed by atoms with van der Waals surface area (Å²) in [6, 6.07) is 14.4. The number of anilines is 1. The number of hydrogen-bond donors (Lipinski definition) is 1. The third-order valence-electron chi connectivity index (χ3n) is 4.83. The second-order valence-corrected chi connectivity index (χ2v) is 8.51. The zero-order valence-electron chi connectivity index (χ0n) is 17.1. The van der Waals surface area contributed by atoms with Gasteiger partial charge in [0, 0.05) is 40.1 Å². The van der Waals surface area contributed by atoms with Crippen molar-refractivity contribution in [1.82, 2.24) is 14.7 Å². The molecule has 2 aromatic heterocycles. The quantitative estimate of drug-likeness (QED) is 0.438. The van der Waals surface area contributed by atoms with Gasteiger partial charge in [-0.15, -0.1) is 0 Å². The first-order valence-corrected chi connectivity index (χ1v) is 10.7. The van der Waals surface area contributed by atoms with Gasteiger partial charge in [0.05, 0.1) is 5.52 Å². The largest absolute Gasteiger partial charge is 0.339 e. The van der Waals surface area contributed by atoms with E-state index in [1.54, 1.807) is 16.8 Å². The fourth-order valence-electron chi connectivity index (χ4n) is 3.24. The van der Waals surface area contributed by atoms with Crippen molar-refractivity contribution < 1.29 is 9.32 Å². The first-order valence-electron chi connectivity index (χ1n) is 9.89. The van der Waals surface area contributed by atoms with Gasteiger partial charge in [-0.3, -0.25) is 9.59 Å². The molecular weight excluding hydrogens is 460 g/mol. The molecule has 0 bridgehead atoms. The number of halogens is 1. The van der Waals surface area contributed by atoms with E-state index in [0.717, 1.165) is 10.0 Å². The highest BCUT2D eigenvalue weighted by atomic mass is 79.9. The molecule has 0 aliphatic carbocycles. The van der Waals surface area contributed by atoms with Gasteiger partial charge in [0.15, 0.2) is 11.3 Å². The molecule has 0 aliphatic rings. The predicted molar refractivity (Wildman–Crippen MR) is 122 cm³/mol. The smallest absolute Gasteiger partial charge is 0.244 e. The number of rotatable bonds is 6. The average Bonchev–Trinajstić information content (AvgIpc) is 3.21. The first kappa shape index (κ1) is 21.0. The maximum atomic E-state index is 12.6. The van der Waals surface area contributed by atoms with Crippen LogP contribution in [0.1, 0.15) is 37.0 Å². The summed E-state index contributed by atoms with van der Waals surface area (Å²) in [6.45, 7) is 4.11. The summed E-state index contributed by atoms with van der Waals surface area (Å²) >= 11 is 3.38. The molecular formula is C23H21BrN4O3. The van der Waals surface area contributed by atoms with Crippen molar-refractivity contribution in [1.29, 1.82) is 0 Å². The van der Waals surface area contributed by atoms with Gasteiger partial charge in [-0.05, 0) is 35.9 Å². The van der Waals surface area contributed by atoms with Crippen molar-refractivity contribution in [2.24, 2.45) is 0 Å². The normalized spacial score (nSPS) is 11.2. The van der Waals surface area contributed by atoms with Crippen LogP contribution in [0.15, 0.2) is 68.5 Å². The summed E-state index contributed by atoms with van der Waals surface area (Å²) in [6.07, 6.45) is 2.20. The summed E-state index contributed by atoms with van der Waals surface area (Å²) in [5.41, 5.74) is 2.34. The molecule has 0 saturated heterocycles. The van der Waals surface area contributed by atoms with Crippen LogP contribution in [-0.4, -0.2) is 20.6 Å². The van der Waals surface area contributed by atoms with Gasteiger partial charge in [-0.25, -0.2) is 0 Å². The fourth-order valence-corrected chi connectivity index (χ4v) is 3.60. The summed E-state index contributed by atoms with van der Waals surface area (Å²) in [7, 11) is 0. The number of benzene rings is 2. The Balaban J connectivity index is 1.43. The van der Waals surface area contributed by atoms with E-state index in [4.69, 9.17) is 4.52 Å². The van der Waals surface area contributed by atoms with E-state index in [9.17, 15) is 9.59 Å². The lowest BCUT2D eigenvalue weighted by Gasteiger charge is -2.11. The summed E-state index contributed by atoms with van der Waals surface area (Å²) in [5.74, 6) is 1.28. The highest BCUT2D eigenvalue weighted by molar-refractivity contribution is 9.10. The van der Waals surface area contributed by atoms with Crippen LogP contribution >= 0.6 is 15.9 Å². The third-order valence-corrected chi connectivity index (χ3v) is 5.32. The lowest BCUT2D eigenvalue weighted by Crippen LogP contribution is -2.20. The summed E-state index contributed by atoms with van der Waals surface area (Å²) in [4.78, 5) is 29.1. The zero-order valence-corrected chi connectivity index (χ0v) is 18.7. The van der Waals surface area contributed by atoms with Crippen LogP contribution in [0.5, 0.6) is 0 Å². The lowest BCUT2D eigenvalue weighted by atomic mass is 10.1. The van der Waals surface area contributed by atoms with E-state index in [1.807, 2.05) is 50.2 Å². The number of nitrogens with zero attached hydrogens (tertiary/aromatic N) is 3. The maximum absolute atomic E-state index is 12.6. The topological polar surface area (TPSA) is 90.0 Å². The number of aromatic nitrogens is 3. The highest BCUT2D eigenvalue weighted by Gasteiger charge is 2.11. The second-order valence-electron chi connectivity index (χ2n) is 7.59. The van der Waals surface area contributed by atoms with Gasteiger partial charge in [0.25, 0.3) is 0 Å². The average molecular weight is 481 g/mol. The van der Waals surface area contributed by atoms with Crippen LogP contribution in [0.3, 0.4) is 0 Å². The molecule has 0 unspecified atom stereocenters. The molecule has 0 saturated carbocycles. The number of hydrogen-bond acceptors (Lipinski definition) is 5. The Labute approximate surface area is 187 Å². The minimum absolute atomic E-state index is 0.0781. The number of carbonyl (C=O) groups excluding carboxylic acids is 1. The van der Waals surface area contributed by atoms with Gasteiger partial charge in [-0.1, -0.05) is 47.1 Å². The Morgan fingerprint density at radius 3 is 2.65 bits per heavy atom. The number of nitrogens with one attached hydrogen (secondary N) is 1. The minimum atomic E-state index is -0.180. The van der Waals surface area contributed by atoms with Gasteiger partial charge >= 0.3 is 0 Å². The van der Waals surface area contributed by atoms with Crippen LogP contribution in [0.25, 0.3) is 10.9 Å². The third kappa shape index (κ3) is 4.91. The molecule has 8 heteroatoms. The molecule has 31 heavy (non-hydrogen) atoms. The molecule has 2 heterocycles. The van der Waals surface area contributed by atoms with Crippen LogP contribution in [0.4, 0.5) is 5.69 Å². The molecule has 1 N–H and O–H groups in total. The molecule has 158 valence electrons. The van der Waals surface area contributed by atoms with E-state index in [0.29, 0.717) is 34.7 Å². The summed E-state index contributed by atoms with van der Waals surface area (Å²) in [5, 5.41) is 7.46. The molecule has 2 aromatic carbocycles. The maximum Gasteiger partial charge on any atom is 0.244 e. The number of pyridine rings is 1. The van der Waals surface area contributed by atoms with E-state index in [2.05, 4.69) is 31.4 Å². The second kappa shape index (κ2) is 8.85. The van der Waals surface area contributed by atoms with Crippen molar-refractivity contribution in [3.8, 4) is 0 Å². The minimum Gasteiger partial charge on any atom is -0.339 e. The Bertz CT molecular complexity index is 1290. The molecule has 7 nitrogen and oxygen atoms in total. The zero-order chi connectivity index (χ0) is 22.0. The van der Waals surface area contributed by atoms with Crippen molar-refractivity contribution >= 4 is 38.4 Å². The molecule has 4 rings (SSSR count). The molecule has 0 aliphatic heterocycles. The first-order chi connectivity index (χ1) is 14.9. The van der Waals surface area contributed by atoms with Crippen LogP contribution in [-0.2, 0) is 17.8 Å². The van der Waals surface area contributed by atoms with Crippen molar-refractivity contribution in [2.45, 2.75) is 32.7 Å². The Morgan fingerprint density at radius 2 is 1.94 bits per heavy atom. The molecule has 0 atom stereocenters. The van der Waals surface area contributed by atoms with Crippen LogP contribution in [0, 0.1) is 0 Å². The van der Waals surface area contributed by atoms with Gasteiger partial charge in [0.1, 0.15) is 6.54 Å². The number of fused-ring (bicyclic) bond motifs is 1. The SMILES string of the molecule is CC(C)c1nc(Cc2ccc(NC(=O)Cn3ccc(=O)c4cc(Br)ccc43)cc2)no1. The Hall–Kier alpha value is -3.26. The van der Waals surface area contributed by atoms with Crippen LogP contribution < -0.4 is 10.7 Å². The number of carbonyl (C=O) groups is 1. The molecule has 4 aromatic rings. The van der Waals surface area contributed by atoms with Crippen LogP contribution in [0.2, 0.25) is 0 Å². The molecule has 0 radical (unpaired) electrons. The Morgan fingerprint density at radius 1 is 1.16 bits per heavy atom. The van der Waals surface area contributed by atoms with E-state index < -0.39 is 0 Å². The highest BCUT2D eigenvalue weighted by Crippen LogP contribution is 2.18. The fraction of sp³-hybridized carbons (Fsp3) is 0.217. The molecule has 1 amide bonds. The molecule has 0 spiro atoms. The van der Waals surface area contributed by atoms with Gasteiger partial charge in [0.2, 0.25) is 11.8 Å². The van der Waals surface area contributed by atoms with E-state index >= 15 is 0 Å². The monoisotopic (exact) mass is 480 g/mol. The van der Waals surface area contributed by atoms with Gasteiger partial charge in [-0.2, -0.15) is 4.98 Å². The standard InChI is InChI=1S/C23H21BrN4O3/c1-14(2)23-26-21(27-31-23)11-15-3-6-17(7-4-15)25-22(30)13-28-10-9-20(29)18-12-16(24)5-8-19(18)28/h3-10,12,14H,11,13H2,1-2H3,(H,25,30). The van der Waals surface area contributed by atoms with Crippen molar-refractivity contribution in [3.63, 3.8) is 0 Å². The van der Waals surface area contributed by atoms with Crippen molar-refractivity contribution in [3.05, 3.63) is 86.7 Å². The summed E-state index contributed by atoms with van der Waals surface area (Å²) < 4.78 is 7.81. The number of amides is 1. The molecule has 0 fully saturated rings. The lowest BCUT2D eigenvalue weighted by molar-refractivity contribution is -0.116.